The lowest BCUT2D eigenvalue weighted by Gasteiger charge is -2.19. The average Bonchev–Trinajstić information content (AvgIpc) is 2.73. The zero-order chi connectivity index (χ0) is 21.7. The molecule has 2 aromatic carbocycles. The number of hydrogen-bond donors (Lipinski definition) is 3. The van der Waals surface area contributed by atoms with Gasteiger partial charge in [0.1, 0.15) is 11.6 Å². The van der Waals surface area contributed by atoms with E-state index in [1.807, 2.05) is 13.0 Å². The van der Waals surface area contributed by atoms with Gasteiger partial charge < -0.3 is 10.6 Å². The van der Waals surface area contributed by atoms with Gasteiger partial charge in [0.25, 0.3) is 5.91 Å². The van der Waals surface area contributed by atoms with Gasteiger partial charge in [-0.2, -0.15) is 5.26 Å². The van der Waals surface area contributed by atoms with Crippen molar-refractivity contribution in [3.05, 3.63) is 70.9 Å². The normalized spacial score (nSPS) is 14.9. The molecule has 1 amide bonds. The molecule has 8 heteroatoms. The summed E-state index contributed by atoms with van der Waals surface area (Å²) in [5, 5.41) is 20.1. The molecule has 0 bridgehead atoms. The van der Waals surface area contributed by atoms with Crippen molar-refractivity contribution in [2.24, 2.45) is 5.14 Å². The SMILES string of the molecule is CC(N/C=C(/C#N)C(=O)Nc1ccc(S(N)(=O)=O)cc1)c1ccc2c(c1)CCCC2. The third kappa shape index (κ3) is 5.26. The Morgan fingerprint density at radius 3 is 2.43 bits per heavy atom. The molecule has 4 N–H and O–H groups in total. The number of rotatable bonds is 6. The van der Waals surface area contributed by atoms with E-state index in [2.05, 4.69) is 28.8 Å². The molecule has 2 aromatic rings. The van der Waals surface area contributed by atoms with Crippen molar-refractivity contribution in [2.75, 3.05) is 5.32 Å². The van der Waals surface area contributed by atoms with E-state index >= 15 is 0 Å². The molecule has 156 valence electrons. The maximum absolute atomic E-state index is 12.4. The summed E-state index contributed by atoms with van der Waals surface area (Å²) in [6, 6.07) is 13.7. The number of nitrogens with two attached hydrogens (primary N) is 1. The summed E-state index contributed by atoms with van der Waals surface area (Å²) in [6.45, 7) is 1.97. The molecule has 1 aliphatic carbocycles. The van der Waals surface area contributed by atoms with E-state index in [0.29, 0.717) is 5.69 Å². The number of carbonyl (C=O) groups excluding carboxylic acids is 1. The Kier molecular flexibility index (Phi) is 6.55. The van der Waals surface area contributed by atoms with E-state index in [-0.39, 0.29) is 16.5 Å². The zero-order valence-corrected chi connectivity index (χ0v) is 17.5. The molecule has 0 fully saturated rings. The van der Waals surface area contributed by atoms with Crippen molar-refractivity contribution in [1.29, 1.82) is 5.26 Å². The highest BCUT2D eigenvalue weighted by Crippen LogP contribution is 2.25. The Labute approximate surface area is 176 Å². The van der Waals surface area contributed by atoms with Crippen LogP contribution in [-0.2, 0) is 27.7 Å². The van der Waals surface area contributed by atoms with Crippen LogP contribution in [0.3, 0.4) is 0 Å². The summed E-state index contributed by atoms with van der Waals surface area (Å²) in [6.07, 6.45) is 6.04. The number of nitrogens with one attached hydrogen (secondary N) is 2. The molecular weight excluding hydrogens is 400 g/mol. The second kappa shape index (κ2) is 9.11. The first kappa shape index (κ1) is 21.6. The van der Waals surface area contributed by atoms with Crippen molar-refractivity contribution >= 4 is 21.6 Å². The molecule has 0 heterocycles. The summed E-state index contributed by atoms with van der Waals surface area (Å²) in [4.78, 5) is 12.3. The number of aryl methyl sites for hydroxylation is 2. The molecule has 0 radical (unpaired) electrons. The van der Waals surface area contributed by atoms with Gasteiger partial charge in [0.2, 0.25) is 10.0 Å². The summed E-state index contributed by atoms with van der Waals surface area (Å²) in [5.41, 5.74) is 4.14. The lowest BCUT2D eigenvalue weighted by Crippen LogP contribution is -2.19. The molecule has 0 aromatic heterocycles. The highest BCUT2D eigenvalue weighted by atomic mass is 32.2. The largest absolute Gasteiger partial charge is 0.383 e. The number of benzene rings is 2. The van der Waals surface area contributed by atoms with Crippen LogP contribution in [-0.4, -0.2) is 14.3 Å². The Bertz CT molecular complexity index is 1120. The summed E-state index contributed by atoms with van der Waals surface area (Å²) >= 11 is 0. The van der Waals surface area contributed by atoms with Gasteiger partial charge in [0.15, 0.2) is 0 Å². The first-order chi connectivity index (χ1) is 14.3. The molecular formula is C22H24N4O3S. The molecule has 0 spiro atoms. The van der Waals surface area contributed by atoms with Crippen LogP contribution in [0.5, 0.6) is 0 Å². The Balaban J connectivity index is 1.66. The summed E-state index contributed by atoms with van der Waals surface area (Å²) in [7, 11) is -3.81. The van der Waals surface area contributed by atoms with Gasteiger partial charge in [-0.1, -0.05) is 18.2 Å². The third-order valence-corrected chi connectivity index (χ3v) is 6.09. The molecule has 0 aliphatic heterocycles. The highest BCUT2D eigenvalue weighted by Gasteiger charge is 2.14. The molecule has 30 heavy (non-hydrogen) atoms. The van der Waals surface area contributed by atoms with Gasteiger partial charge in [0.05, 0.1) is 4.90 Å². The number of nitriles is 1. The van der Waals surface area contributed by atoms with Crippen LogP contribution < -0.4 is 15.8 Å². The van der Waals surface area contributed by atoms with Gasteiger partial charge in [0, 0.05) is 17.9 Å². The van der Waals surface area contributed by atoms with Gasteiger partial charge in [-0.15, -0.1) is 0 Å². The number of fused-ring (bicyclic) bond motifs is 1. The molecule has 7 nitrogen and oxygen atoms in total. The average molecular weight is 425 g/mol. The van der Waals surface area contributed by atoms with Crippen LogP contribution in [0, 0.1) is 11.3 Å². The number of hydrogen-bond acceptors (Lipinski definition) is 5. The fourth-order valence-corrected chi connectivity index (χ4v) is 3.92. The maximum Gasteiger partial charge on any atom is 0.267 e. The van der Waals surface area contributed by atoms with Crippen molar-refractivity contribution in [1.82, 2.24) is 5.32 Å². The Hall–Kier alpha value is -3.15. The van der Waals surface area contributed by atoms with Crippen molar-refractivity contribution in [3.8, 4) is 6.07 Å². The molecule has 1 atom stereocenters. The number of primary sulfonamides is 1. The Morgan fingerprint density at radius 1 is 1.13 bits per heavy atom. The van der Waals surface area contributed by atoms with E-state index in [9.17, 15) is 18.5 Å². The van der Waals surface area contributed by atoms with Gasteiger partial charge in [-0.3, -0.25) is 4.79 Å². The van der Waals surface area contributed by atoms with Crippen LogP contribution in [0.4, 0.5) is 5.69 Å². The van der Waals surface area contributed by atoms with E-state index in [1.165, 1.54) is 54.4 Å². The second-order valence-corrected chi connectivity index (χ2v) is 8.88. The number of sulfonamides is 1. The first-order valence-corrected chi connectivity index (χ1v) is 11.2. The molecule has 3 rings (SSSR count). The zero-order valence-electron chi connectivity index (χ0n) is 16.7. The van der Waals surface area contributed by atoms with Gasteiger partial charge >= 0.3 is 0 Å². The summed E-state index contributed by atoms with van der Waals surface area (Å²) < 4.78 is 22.6. The van der Waals surface area contributed by atoms with Crippen LogP contribution in [0.25, 0.3) is 0 Å². The monoisotopic (exact) mass is 424 g/mol. The van der Waals surface area contributed by atoms with Crippen LogP contribution in [0.2, 0.25) is 0 Å². The maximum atomic E-state index is 12.4. The van der Waals surface area contributed by atoms with Crippen LogP contribution in [0.15, 0.2) is 59.1 Å². The van der Waals surface area contributed by atoms with Gasteiger partial charge in [-0.05, 0) is 73.6 Å². The molecule has 0 saturated carbocycles. The number of amides is 1. The van der Waals surface area contributed by atoms with E-state index in [0.717, 1.165) is 18.4 Å². The molecule has 0 saturated heterocycles. The van der Waals surface area contributed by atoms with E-state index in [1.54, 1.807) is 0 Å². The lowest BCUT2D eigenvalue weighted by atomic mass is 9.89. The van der Waals surface area contributed by atoms with Crippen molar-refractivity contribution in [2.45, 2.75) is 43.5 Å². The van der Waals surface area contributed by atoms with Crippen molar-refractivity contribution < 1.29 is 13.2 Å². The van der Waals surface area contributed by atoms with E-state index in [4.69, 9.17) is 5.14 Å². The predicted octanol–water partition coefficient (Wildman–Crippen LogP) is 2.91. The first-order valence-electron chi connectivity index (χ1n) is 9.70. The minimum Gasteiger partial charge on any atom is -0.383 e. The smallest absolute Gasteiger partial charge is 0.267 e. The minimum atomic E-state index is -3.81. The van der Waals surface area contributed by atoms with Crippen LogP contribution >= 0.6 is 0 Å². The van der Waals surface area contributed by atoms with Gasteiger partial charge in [-0.25, -0.2) is 13.6 Å². The number of nitrogens with zero attached hydrogens (tertiary/aromatic N) is 1. The Morgan fingerprint density at radius 2 is 1.80 bits per heavy atom. The molecule has 1 unspecified atom stereocenters. The number of carbonyl (C=O) groups is 1. The summed E-state index contributed by atoms with van der Waals surface area (Å²) in [5.74, 6) is -0.592. The lowest BCUT2D eigenvalue weighted by molar-refractivity contribution is -0.112. The quantitative estimate of drug-likeness (QED) is 0.486. The second-order valence-electron chi connectivity index (χ2n) is 7.32. The number of anilines is 1. The highest BCUT2D eigenvalue weighted by molar-refractivity contribution is 7.89. The minimum absolute atomic E-state index is 0.0583. The van der Waals surface area contributed by atoms with E-state index < -0.39 is 15.9 Å². The van der Waals surface area contributed by atoms with Crippen molar-refractivity contribution in [3.63, 3.8) is 0 Å². The van der Waals surface area contributed by atoms with Crippen LogP contribution in [0.1, 0.15) is 42.5 Å². The predicted molar refractivity (Wildman–Crippen MR) is 115 cm³/mol. The topological polar surface area (TPSA) is 125 Å². The molecule has 1 aliphatic rings. The standard InChI is InChI=1S/C22H24N4O3S/c1-15(17-7-6-16-4-2-3-5-18(16)12-17)25-14-19(13-23)22(27)26-20-8-10-21(11-9-20)30(24,28)29/h6-12,14-15,25H,2-5H2,1H3,(H,26,27)(H2,24,28,29)/b19-14-. The third-order valence-electron chi connectivity index (χ3n) is 5.16. The fraction of sp³-hybridized carbons (Fsp3) is 0.273. The fourth-order valence-electron chi connectivity index (χ4n) is 3.40.